The molecule has 27 heavy (non-hydrogen) atoms. The zero-order valence-electron chi connectivity index (χ0n) is 14.7. The first kappa shape index (κ1) is 16.0. The minimum Gasteiger partial charge on any atom is -0.356 e. The van der Waals surface area contributed by atoms with Crippen LogP contribution < -0.4 is 10.2 Å². The molecule has 0 unspecified atom stereocenters. The highest BCUT2D eigenvalue weighted by molar-refractivity contribution is 7.99. The van der Waals surface area contributed by atoms with Gasteiger partial charge in [0.05, 0.1) is 11.4 Å². The molecule has 0 amide bonds. The summed E-state index contributed by atoms with van der Waals surface area (Å²) in [6.45, 7) is 0. The van der Waals surface area contributed by atoms with Crippen LogP contribution >= 0.6 is 11.8 Å². The molecule has 5 rings (SSSR count). The van der Waals surface area contributed by atoms with E-state index in [4.69, 9.17) is 0 Å². The van der Waals surface area contributed by atoms with E-state index in [2.05, 4.69) is 95.1 Å². The Morgan fingerprint density at radius 2 is 1.04 bits per heavy atom. The molecular weight excluding hydrogens is 348 g/mol. The van der Waals surface area contributed by atoms with Gasteiger partial charge in [0, 0.05) is 26.9 Å². The fourth-order valence-electron chi connectivity index (χ4n) is 3.36. The van der Waals surface area contributed by atoms with Crippen LogP contribution in [0.15, 0.2) is 113 Å². The molecule has 0 spiro atoms. The Morgan fingerprint density at radius 3 is 1.67 bits per heavy atom. The second-order valence-electron chi connectivity index (χ2n) is 6.41. The van der Waals surface area contributed by atoms with E-state index in [1.807, 2.05) is 30.0 Å². The number of hydrogen-bond donors (Lipinski definition) is 1. The molecule has 0 aromatic heterocycles. The van der Waals surface area contributed by atoms with E-state index in [0.717, 1.165) is 17.1 Å². The minimum absolute atomic E-state index is 1.08. The molecule has 3 heteroatoms. The Hall–Kier alpha value is -3.17. The van der Waals surface area contributed by atoms with Gasteiger partial charge in [0.1, 0.15) is 0 Å². The van der Waals surface area contributed by atoms with Gasteiger partial charge in [-0.05, 0) is 60.7 Å². The van der Waals surface area contributed by atoms with Gasteiger partial charge in [0.25, 0.3) is 0 Å². The van der Waals surface area contributed by atoms with E-state index in [9.17, 15) is 0 Å². The van der Waals surface area contributed by atoms with Gasteiger partial charge < -0.3 is 10.2 Å². The molecular formula is C24H18N2S. The summed E-state index contributed by atoms with van der Waals surface area (Å²) >= 11 is 1.83. The number of benzene rings is 4. The summed E-state index contributed by atoms with van der Waals surface area (Å²) in [6, 6.07) is 36.0. The van der Waals surface area contributed by atoms with Crippen LogP contribution in [0.1, 0.15) is 0 Å². The summed E-state index contributed by atoms with van der Waals surface area (Å²) in [6.07, 6.45) is 0. The molecule has 2 nitrogen and oxygen atoms in total. The lowest BCUT2D eigenvalue weighted by Crippen LogP contribution is -2.14. The van der Waals surface area contributed by atoms with Crippen molar-refractivity contribution < 1.29 is 0 Å². The van der Waals surface area contributed by atoms with Crippen LogP contribution in [0.3, 0.4) is 0 Å². The molecule has 0 bridgehead atoms. The van der Waals surface area contributed by atoms with Crippen molar-refractivity contribution in [1.29, 1.82) is 0 Å². The summed E-state index contributed by atoms with van der Waals surface area (Å²) in [5, 5.41) is 3.45. The molecule has 0 aliphatic carbocycles. The first-order valence-corrected chi connectivity index (χ1v) is 9.78. The van der Waals surface area contributed by atoms with E-state index < -0.39 is 0 Å². The quantitative estimate of drug-likeness (QED) is 0.359. The number of nitrogens with one attached hydrogen (secondary N) is 1. The molecule has 0 radical (unpaired) electrons. The average molecular weight is 366 g/mol. The minimum atomic E-state index is 1.08. The van der Waals surface area contributed by atoms with Gasteiger partial charge in [0.15, 0.2) is 0 Å². The van der Waals surface area contributed by atoms with Gasteiger partial charge in [-0.3, -0.25) is 0 Å². The lowest BCUT2D eigenvalue weighted by molar-refractivity contribution is 1.17. The van der Waals surface area contributed by atoms with E-state index in [1.54, 1.807) is 0 Å². The highest BCUT2D eigenvalue weighted by Crippen LogP contribution is 2.51. The van der Waals surface area contributed by atoms with Crippen LogP contribution in [0.25, 0.3) is 0 Å². The Labute approximate surface area is 163 Å². The zero-order valence-corrected chi connectivity index (χ0v) is 15.5. The maximum atomic E-state index is 3.45. The van der Waals surface area contributed by atoms with Crippen LogP contribution in [0.5, 0.6) is 0 Å². The molecule has 1 heterocycles. The normalized spacial score (nSPS) is 12.2. The highest BCUT2D eigenvalue weighted by Gasteiger charge is 2.23. The molecule has 1 N–H and O–H groups in total. The number of rotatable bonds is 3. The number of hydrogen-bond acceptors (Lipinski definition) is 3. The molecule has 0 saturated heterocycles. The topological polar surface area (TPSA) is 15.3 Å². The number of anilines is 5. The van der Waals surface area contributed by atoms with Gasteiger partial charge in [-0.2, -0.15) is 0 Å². The van der Waals surface area contributed by atoms with Gasteiger partial charge in [-0.15, -0.1) is 0 Å². The summed E-state index contributed by atoms with van der Waals surface area (Å²) < 4.78 is 0. The Balaban J connectivity index is 1.53. The SMILES string of the molecule is c1ccc(Nc2ccc(N3c4ccccc4Sc4ccccc43)cc2)cc1. The van der Waals surface area contributed by atoms with Crippen LogP contribution in [0, 0.1) is 0 Å². The lowest BCUT2D eigenvalue weighted by Gasteiger charge is -2.32. The first-order valence-electron chi connectivity index (χ1n) is 8.97. The van der Waals surface area contributed by atoms with E-state index in [-0.39, 0.29) is 0 Å². The second kappa shape index (κ2) is 6.86. The van der Waals surface area contributed by atoms with Crippen molar-refractivity contribution in [3.63, 3.8) is 0 Å². The summed E-state index contributed by atoms with van der Waals surface area (Å²) in [4.78, 5) is 4.90. The van der Waals surface area contributed by atoms with Gasteiger partial charge in [-0.25, -0.2) is 0 Å². The Morgan fingerprint density at radius 1 is 0.519 bits per heavy atom. The van der Waals surface area contributed by atoms with Crippen molar-refractivity contribution in [2.75, 3.05) is 10.2 Å². The van der Waals surface area contributed by atoms with E-state index in [0.29, 0.717) is 0 Å². The van der Waals surface area contributed by atoms with Gasteiger partial charge >= 0.3 is 0 Å². The largest absolute Gasteiger partial charge is 0.356 e. The molecule has 0 saturated carbocycles. The summed E-state index contributed by atoms with van der Waals surface area (Å²) in [5.41, 5.74) is 5.79. The van der Waals surface area contributed by atoms with Crippen molar-refractivity contribution in [1.82, 2.24) is 0 Å². The maximum Gasteiger partial charge on any atom is 0.0601 e. The molecule has 130 valence electrons. The van der Waals surface area contributed by atoms with Crippen molar-refractivity contribution in [3.05, 3.63) is 103 Å². The zero-order chi connectivity index (χ0) is 18.1. The van der Waals surface area contributed by atoms with Crippen LogP contribution in [-0.2, 0) is 0 Å². The molecule has 0 atom stereocenters. The van der Waals surface area contributed by atoms with Crippen molar-refractivity contribution in [2.45, 2.75) is 9.79 Å². The lowest BCUT2D eigenvalue weighted by atomic mass is 10.1. The third-order valence-corrected chi connectivity index (χ3v) is 5.75. The third kappa shape index (κ3) is 3.07. The number of para-hydroxylation sites is 3. The third-order valence-electron chi connectivity index (χ3n) is 4.62. The van der Waals surface area contributed by atoms with Crippen molar-refractivity contribution >= 4 is 40.2 Å². The van der Waals surface area contributed by atoms with Gasteiger partial charge in [-0.1, -0.05) is 54.2 Å². The fraction of sp³-hybridized carbons (Fsp3) is 0. The standard InChI is InChI=1S/C24H18N2S/c1-2-8-18(9-3-1)25-19-14-16-20(17-15-19)26-21-10-4-6-12-23(21)27-24-13-7-5-11-22(24)26/h1-17,25H. The Kier molecular flexibility index (Phi) is 4.07. The average Bonchev–Trinajstić information content (AvgIpc) is 2.73. The van der Waals surface area contributed by atoms with Crippen molar-refractivity contribution in [2.24, 2.45) is 0 Å². The smallest absolute Gasteiger partial charge is 0.0601 e. The van der Waals surface area contributed by atoms with Gasteiger partial charge in [0.2, 0.25) is 0 Å². The predicted molar refractivity (Wildman–Crippen MR) is 115 cm³/mol. The number of nitrogens with zero attached hydrogens (tertiary/aromatic N) is 1. The van der Waals surface area contributed by atoms with E-state index >= 15 is 0 Å². The summed E-state index contributed by atoms with van der Waals surface area (Å²) in [5.74, 6) is 0. The second-order valence-corrected chi connectivity index (χ2v) is 7.49. The Bertz CT molecular complexity index is 1030. The molecule has 1 aliphatic heterocycles. The highest BCUT2D eigenvalue weighted by atomic mass is 32.2. The molecule has 1 aliphatic rings. The molecule has 0 fully saturated rings. The van der Waals surface area contributed by atoms with Crippen LogP contribution in [0.4, 0.5) is 28.4 Å². The number of fused-ring (bicyclic) bond motifs is 2. The van der Waals surface area contributed by atoms with E-state index in [1.165, 1.54) is 21.2 Å². The summed E-state index contributed by atoms with van der Waals surface area (Å²) in [7, 11) is 0. The fourth-order valence-corrected chi connectivity index (χ4v) is 4.42. The molecule has 4 aromatic carbocycles. The molecule has 4 aromatic rings. The van der Waals surface area contributed by atoms with Crippen molar-refractivity contribution in [3.8, 4) is 0 Å². The first-order chi connectivity index (χ1) is 13.4. The monoisotopic (exact) mass is 366 g/mol. The van der Waals surface area contributed by atoms with Crippen LogP contribution in [0.2, 0.25) is 0 Å². The van der Waals surface area contributed by atoms with Crippen LogP contribution in [-0.4, -0.2) is 0 Å². The maximum absolute atomic E-state index is 3.45. The predicted octanol–water partition coefficient (Wildman–Crippen LogP) is 7.36.